The van der Waals surface area contributed by atoms with Crippen molar-refractivity contribution in [2.75, 3.05) is 32.5 Å². The molecule has 7 heteroatoms. The highest BCUT2D eigenvalue weighted by molar-refractivity contribution is 6.40. The van der Waals surface area contributed by atoms with Crippen molar-refractivity contribution < 1.29 is 14.4 Å². The Morgan fingerprint density at radius 3 is 2.39 bits per heavy atom. The third-order valence-electron chi connectivity index (χ3n) is 4.01. The zero-order valence-electron chi connectivity index (χ0n) is 16.4. The summed E-state index contributed by atoms with van der Waals surface area (Å²) in [5.41, 5.74) is 2.68. The monoisotopic (exact) mass is 382 g/mol. The molecule has 2 aromatic carbocycles. The quantitative estimate of drug-likeness (QED) is 0.634. The summed E-state index contributed by atoms with van der Waals surface area (Å²) in [6, 6.07) is 14.4. The molecular weight excluding hydrogens is 356 g/mol. The minimum absolute atomic E-state index is 0.289. The predicted molar refractivity (Wildman–Crippen MR) is 109 cm³/mol. The molecule has 0 atom stereocenters. The van der Waals surface area contributed by atoms with Gasteiger partial charge in [-0.1, -0.05) is 42.0 Å². The summed E-state index contributed by atoms with van der Waals surface area (Å²) < 4.78 is 0. The zero-order valence-corrected chi connectivity index (χ0v) is 16.4. The Morgan fingerprint density at radius 1 is 0.929 bits per heavy atom. The fourth-order valence-electron chi connectivity index (χ4n) is 2.54. The van der Waals surface area contributed by atoms with Crippen LogP contribution < -0.4 is 16.0 Å². The molecule has 0 unspecified atom stereocenters. The van der Waals surface area contributed by atoms with Crippen LogP contribution in [0.2, 0.25) is 0 Å². The van der Waals surface area contributed by atoms with Gasteiger partial charge in [-0.2, -0.15) is 0 Å². The maximum absolute atomic E-state index is 12.6. The lowest BCUT2D eigenvalue weighted by Gasteiger charge is -2.13. The Hall–Kier alpha value is -3.19. The van der Waals surface area contributed by atoms with Crippen molar-refractivity contribution in [2.45, 2.75) is 13.5 Å². The molecule has 0 saturated carbocycles. The topological polar surface area (TPSA) is 90.5 Å². The Balaban J connectivity index is 1.98. The number of carbonyl (C=O) groups is 3. The van der Waals surface area contributed by atoms with E-state index in [2.05, 4.69) is 16.0 Å². The summed E-state index contributed by atoms with van der Waals surface area (Å²) in [6.45, 7) is 3.34. The Morgan fingerprint density at radius 2 is 1.68 bits per heavy atom. The minimum atomic E-state index is -0.808. The summed E-state index contributed by atoms with van der Waals surface area (Å²) in [5, 5.41) is 7.89. The van der Waals surface area contributed by atoms with Crippen molar-refractivity contribution in [1.29, 1.82) is 0 Å². The summed E-state index contributed by atoms with van der Waals surface area (Å²) in [4.78, 5) is 38.5. The van der Waals surface area contributed by atoms with Crippen molar-refractivity contribution in [1.82, 2.24) is 15.5 Å². The number of aryl methyl sites for hydroxylation is 1. The lowest BCUT2D eigenvalue weighted by Crippen LogP contribution is -2.39. The summed E-state index contributed by atoms with van der Waals surface area (Å²) in [7, 11) is 3.75. The van der Waals surface area contributed by atoms with Crippen LogP contribution in [-0.4, -0.2) is 49.8 Å². The number of nitrogens with zero attached hydrogens (tertiary/aromatic N) is 1. The molecule has 2 rings (SSSR count). The number of carbonyl (C=O) groups excluding carboxylic acids is 3. The maximum Gasteiger partial charge on any atom is 0.313 e. The first-order valence-electron chi connectivity index (χ1n) is 9.03. The van der Waals surface area contributed by atoms with E-state index in [1.807, 2.05) is 50.2 Å². The molecule has 0 bridgehead atoms. The molecule has 28 heavy (non-hydrogen) atoms. The van der Waals surface area contributed by atoms with E-state index in [4.69, 9.17) is 0 Å². The standard InChI is InChI=1S/C21H26N4O3/c1-15-7-6-8-16(13-15)14-23-19(26)17-9-4-5-10-18(17)24-21(28)20(27)22-11-12-25(2)3/h4-10,13H,11-12,14H2,1-3H3,(H,22,27)(H,23,26)(H,24,28). The van der Waals surface area contributed by atoms with Gasteiger partial charge >= 0.3 is 11.8 Å². The van der Waals surface area contributed by atoms with Crippen molar-refractivity contribution in [3.63, 3.8) is 0 Å². The number of likely N-dealkylation sites (N-methyl/N-ethyl adjacent to an activating group) is 1. The van der Waals surface area contributed by atoms with Gasteiger partial charge in [-0.3, -0.25) is 14.4 Å². The molecule has 0 aromatic heterocycles. The minimum Gasteiger partial charge on any atom is -0.348 e. The average molecular weight is 382 g/mol. The van der Waals surface area contributed by atoms with Crippen LogP contribution in [0.3, 0.4) is 0 Å². The molecule has 0 aliphatic carbocycles. The number of para-hydroxylation sites is 1. The van der Waals surface area contributed by atoms with Crippen molar-refractivity contribution in [3.8, 4) is 0 Å². The number of anilines is 1. The van der Waals surface area contributed by atoms with Gasteiger partial charge in [-0.05, 0) is 38.7 Å². The van der Waals surface area contributed by atoms with E-state index in [1.54, 1.807) is 24.3 Å². The Bertz CT molecular complexity index is 849. The molecule has 0 aliphatic rings. The van der Waals surface area contributed by atoms with Gasteiger partial charge in [0.2, 0.25) is 0 Å². The second-order valence-electron chi connectivity index (χ2n) is 6.73. The molecule has 0 spiro atoms. The average Bonchev–Trinajstić information content (AvgIpc) is 2.66. The summed E-state index contributed by atoms with van der Waals surface area (Å²) in [6.07, 6.45) is 0. The van der Waals surface area contributed by atoms with Crippen molar-refractivity contribution in [3.05, 3.63) is 65.2 Å². The van der Waals surface area contributed by atoms with Crippen LogP contribution in [0.4, 0.5) is 5.69 Å². The van der Waals surface area contributed by atoms with Gasteiger partial charge in [-0.25, -0.2) is 0 Å². The first-order valence-corrected chi connectivity index (χ1v) is 9.03. The van der Waals surface area contributed by atoms with E-state index in [-0.39, 0.29) is 11.6 Å². The van der Waals surface area contributed by atoms with E-state index < -0.39 is 11.8 Å². The smallest absolute Gasteiger partial charge is 0.313 e. The number of nitrogens with one attached hydrogen (secondary N) is 3. The first-order chi connectivity index (χ1) is 13.4. The first kappa shape index (κ1) is 21.1. The lowest BCUT2D eigenvalue weighted by molar-refractivity contribution is -0.136. The highest BCUT2D eigenvalue weighted by Gasteiger charge is 2.17. The fraction of sp³-hybridized carbons (Fsp3) is 0.286. The number of benzene rings is 2. The molecule has 148 valence electrons. The van der Waals surface area contributed by atoms with Crippen LogP contribution in [0, 0.1) is 6.92 Å². The largest absolute Gasteiger partial charge is 0.348 e. The number of amides is 3. The maximum atomic E-state index is 12.6. The number of hydrogen-bond donors (Lipinski definition) is 3. The summed E-state index contributed by atoms with van der Waals surface area (Å²) in [5.74, 6) is -1.88. The summed E-state index contributed by atoms with van der Waals surface area (Å²) >= 11 is 0. The van der Waals surface area contributed by atoms with Crippen LogP contribution in [0.5, 0.6) is 0 Å². The van der Waals surface area contributed by atoms with Gasteiger partial charge in [0, 0.05) is 19.6 Å². The second-order valence-corrected chi connectivity index (χ2v) is 6.73. The van der Waals surface area contributed by atoms with Gasteiger partial charge in [0.05, 0.1) is 11.3 Å². The molecule has 3 amide bonds. The highest BCUT2D eigenvalue weighted by Crippen LogP contribution is 2.15. The van der Waals surface area contributed by atoms with E-state index in [0.717, 1.165) is 11.1 Å². The third-order valence-corrected chi connectivity index (χ3v) is 4.01. The van der Waals surface area contributed by atoms with Crippen LogP contribution in [0.15, 0.2) is 48.5 Å². The highest BCUT2D eigenvalue weighted by atomic mass is 16.2. The lowest BCUT2D eigenvalue weighted by atomic mass is 10.1. The van der Waals surface area contributed by atoms with Crippen molar-refractivity contribution in [2.24, 2.45) is 0 Å². The van der Waals surface area contributed by atoms with E-state index in [0.29, 0.717) is 25.2 Å². The molecule has 2 aromatic rings. The van der Waals surface area contributed by atoms with Gasteiger partial charge in [-0.15, -0.1) is 0 Å². The number of rotatable bonds is 7. The van der Waals surface area contributed by atoms with Crippen LogP contribution >= 0.6 is 0 Å². The van der Waals surface area contributed by atoms with Crippen LogP contribution in [0.1, 0.15) is 21.5 Å². The molecule has 0 fully saturated rings. The van der Waals surface area contributed by atoms with Gasteiger partial charge in [0.1, 0.15) is 0 Å². The van der Waals surface area contributed by atoms with Gasteiger partial charge in [0.25, 0.3) is 5.91 Å². The zero-order chi connectivity index (χ0) is 20.5. The molecule has 0 saturated heterocycles. The van der Waals surface area contributed by atoms with Crippen LogP contribution in [0.25, 0.3) is 0 Å². The molecule has 0 radical (unpaired) electrons. The molecule has 7 nitrogen and oxygen atoms in total. The normalized spacial score (nSPS) is 10.4. The van der Waals surface area contributed by atoms with Gasteiger partial charge in [0.15, 0.2) is 0 Å². The van der Waals surface area contributed by atoms with E-state index in [1.165, 1.54) is 0 Å². The van der Waals surface area contributed by atoms with Gasteiger partial charge < -0.3 is 20.9 Å². The van der Waals surface area contributed by atoms with Crippen molar-refractivity contribution >= 4 is 23.4 Å². The third kappa shape index (κ3) is 6.51. The SMILES string of the molecule is Cc1cccc(CNC(=O)c2ccccc2NC(=O)C(=O)NCCN(C)C)c1. The van der Waals surface area contributed by atoms with Crippen LogP contribution in [-0.2, 0) is 16.1 Å². The molecular formula is C21H26N4O3. The Labute approximate surface area is 165 Å². The second kappa shape index (κ2) is 10.2. The van der Waals surface area contributed by atoms with E-state index >= 15 is 0 Å². The fourth-order valence-corrected chi connectivity index (χ4v) is 2.54. The number of hydrogen-bond acceptors (Lipinski definition) is 4. The molecule has 0 aliphatic heterocycles. The van der Waals surface area contributed by atoms with E-state index in [9.17, 15) is 14.4 Å². The predicted octanol–water partition coefficient (Wildman–Crippen LogP) is 1.54. The Kier molecular flexibility index (Phi) is 7.71. The molecule has 3 N–H and O–H groups in total. The molecule has 0 heterocycles.